The monoisotopic (exact) mass is 273 g/mol. The molecule has 1 heterocycles. The molecule has 1 aromatic heterocycles. The van der Waals surface area contributed by atoms with Gasteiger partial charge in [-0.05, 0) is 32.0 Å². The SMILES string of the molecule is CCC(C)N(C)CCNc1nc(Cl)nc(OC)n1. The van der Waals surface area contributed by atoms with Gasteiger partial charge in [-0.25, -0.2) is 0 Å². The van der Waals surface area contributed by atoms with Crippen molar-refractivity contribution in [1.82, 2.24) is 19.9 Å². The molecular formula is C11H20ClN5O. The van der Waals surface area contributed by atoms with Crippen LogP contribution in [0.1, 0.15) is 20.3 Å². The molecule has 0 aliphatic carbocycles. The third-order valence-electron chi connectivity index (χ3n) is 2.86. The number of aromatic nitrogens is 3. The molecule has 18 heavy (non-hydrogen) atoms. The first-order valence-electron chi connectivity index (χ1n) is 5.96. The highest BCUT2D eigenvalue weighted by molar-refractivity contribution is 6.28. The maximum atomic E-state index is 5.75. The van der Waals surface area contributed by atoms with Crippen LogP contribution in [0, 0.1) is 0 Å². The number of anilines is 1. The fourth-order valence-corrected chi connectivity index (χ4v) is 1.53. The second-order valence-electron chi connectivity index (χ2n) is 4.08. The zero-order chi connectivity index (χ0) is 13.5. The lowest BCUT2D eigenvalue weighted by Crippen LogP contribution is -2.32. The molecule has 6 nitrogen and oxygen atoms in total. The number of likely N-dealkylation sites (N-methyl/N-ethyl adjacent to an activating group) is 1. The Morgan fingerprint density at radius 3 is 2.72 bits per heavy atom. The zero-order valence-electron chi connectivity index (χ0n) is 11.3. The number of nitrogens with one attached hydrogen (secondary N) is 1. The quantitative estimate of drug-likeness (QED) is 0.815. The standard InChI is InChI=1S/C11H20ClN5O/c1-5-8(2)17(3)7-6-13-10-14-9(12)15-11(16-10)18-4/h8H,5-7H2,1-4H3,(H,13,14,15,16). The molecule has 7 heteroatoms. The van der Waals surface area contributed by atoms with E-state index in [9.17, 15) is 0 Å². The summed E-state index contributed by atoms with van der Waals surface area (Å²) in [4.78, 5) is 14.1. The highest BCUT2D eigenvalue weighted by Gasteiger charge is 2.07. The van der Waals surface area contributed by atoms with E-state index < -0.39 is 0 Å². The number of hydrogen-bond acceptors (Lipinski definition) is 6. The van der Waals surface area contributed by atoms with Gasteiger partial charge in [-0.3, -0.25) is 0 Å². The summed E-state index contributed by atoms with van der Waals surface area (Å²) in [6, 6.07) is 0.774. The van der Waals surface area contributed by atoms with Crippen LogP contribution in [0.15, 0.2) is 0 Å². The van der Waals surface area contributed by atoms with E-state index in [1.54, 1.807) is 0 Å². The lowest BCUT2D eigenvalue weighted by molar-refractivity contribution is 0.261. The van der Waals surface area contributed by atoms with E-state index in [2.05, 4.69) is 46.1 Å². The van der Waals surface area contributed by atoms with Gasteiger partial charge >= 0.3 is 6.01 Å². The Morgan fingerprint density at radius 2 is 2.11 bits per heavy atom. The molecule has 0 aromatic carbocycles. The van der Waals surface area contributed by atoms with Crippen LogP contribution in [0.4, 0.5) is 5.95 Å². The maximum Gasteiger partial charge on any atom is 0.322 e. The maximum absolute atomic E-state index is 5.75. The fourth-order valence-electron chi connectivity index (χ4n) is 1.38. The minimum absolute atomic E-state index is 0.125. The third kappa shape index (κ3) is 4.62. The molecule has 102 valence electrons. The fraction of sp³-hybridized carbons (Fsp3) is 0.727. The molecule has 1 rings (SSSR count). The summed E-state index contributed by atoms with van der Waals surface area (Å²) < 4.78 is 4.92. The average Bonchev–Trinajstić information content (AvgIpc) is 2.36. The number of hydrogen-bond donors (Lipinski definition) is 1. The smallest absolute Gasteiger partial charge is 0.322 e. The van der Waals surface area contributed by atoms with Crippen LogP contribution in [0.5, 0.6) is 6.01 Å². The number of nitrogens with zero attached hydrogens (tertiary/aromatic N) is 4. The van der Waals surface area contributed by atoms with Crippen LogP contribution in [-0.4, -0.2) is 53.1 Å². The minimum Gasteiger partial charge on any atom is -0.467 e. The second kappa shape index (κ2) is 7.33. The van der Waals surface area contributed by atoms with Gasteiger partial charge in [0.25, 0.3) is 0 Å². The zero-order valence-corrected chi connectivity index (χ0v) is 12.0. The largest absolute Gasteiger partial charge is 0.467 e. The van der Waals surface area contributed by atoms with Crippen LogP contribution in [0.25, 0.3) is 0 Å². The average molecular weight is 274 g/mol. The van der Waals surface area contributed by atoms with Crippen molar-refractivity contribution in [2.24, 2.45) is 0 Å². The molecule has 0 saturated carbocycles. The number of rotatable bonds is 7. The van der Waals surface area contributed by atoms with Gasteiger partial charge < -0.3 is 15.0 Å². The van der Waals surface area contributed by atoms with Gasteiger partial charge in [-0.15, -0.1) is 0 Å². The Balaban J connectivity index is 2.46. The van der Waals surface area contributed by atoms with Crippen molar-refractivity contribution >= 4 is 17.5 Å². The van der Waals surface area contributed by atoms with Crippen molar-refractivity contribution in [1.29, 1.82) is 0 Å². The summed E-state index contributed by atoms with van der Waals surface area (Å²) >= 11 is 5.75. The summed E-state index contributed by atoms with van der Waals surface area (Å²) in [5.41, 5.74) is 0. The van der Waals surface area contributed by atoms with E-state index in [-0.39, 0.29) is 11.3 Å². The Morgan fingerprint density at radius 1 is 1.39 bits per heavy atom. The predicted molar refractivity (Wildman–Crippen MR) is 72.3 cm³/mol. The van der Waals surface area contributed by atoms with E-state index in [4.69, 9.17) is 16.3 Å². The van der Waals surface area contributed by atoms with Crippen molar-refractivity contribution in [2.45, 2.75) is 26.3 Å². The second-order valence-corrected chi connectivity index (χ2v) is 4.42. The molecule has 0 aliphatic heterocycles. The van der Waals surface area contributed by atoms with Crippen molar-refractivity contribution in [3.8, 4) is 6.01 Å². The summed E-state index contributed by atoms with van der Waals surface area (Å²) in [6.45, 7) is 6.01. The molecule has 0 saturated heterocycles. The molecule has 1 aromatic rings. The first-order valence-corrected chi connectivity index (χ1v) is 6.34. The Kier molecular flexibility index (Phi) is 6.07. The van der Waals surface area contributed by atoms with E-state index >= 15 is 0 Å². The lowest BCUT2D eigenvalue weighted by Gasteiger charge is -2.23. The van der Waals surface area contributed by atoms with E-state index in [0.29, 0.717) is 12.0 Å². The van der Waals surface area contributed by atoms with Gasteiger partial charge in [0.1, 0.15) is 0 Å². The molecule has 0 amide bonds. The summed E-state index contributed by atoms with van der Waals surface area (Å²) in [6.07, 6.45) is 1.13. The first-order chi connectivity index (χ1) is 8.56. The Hall–Kier alpha value is -1.14. The highest BCUT2D eigenvalue weighted by Crippen LogP contribution is 2.10. The number of ether oxygens (including phenoxy) is 1. The molecule has 1 atom stereocenters. The Bertz CT molecular complexity index is 376. The number of halogens is 1. The van der Waals surface area contributed by atoms with Gasteiger partial charge in [0.05, 0.1) is 7.11 Å². The van der Waals surface area contributed by atoms with Crippen LogP contribution < -0.4 is 10.1 Å². The van der Waals surface area contributed by atoms with Crippen LogP contribution >= 0.6 is 11.6 Å². The van der Waals surface area contributed by atoms with Gasteiger partial charge in [-0.2, -0.15) is 15.0 Å². The summed E-state index contributed by atoms with van der Waals surface area (Å²) in [5, 5.41) is 3.23. The van der Waals surface area contributed by atoms with Gasteiger partial charge in [0.15, 0.2) is 0 Å². The van der Waals surface area contributed by atoms with Gasteiger partial charge in [-0.1, -0.05) is 6.92 Å². The molecular weight excluding hydrogens is 254 g/mol. The molecule has 0 fully saturated rings. The van der Waals surface area contributed by atoms with Crippen molar-refractivity contribution in [2.75, 3.05) is 32.6 Å². The third-order valence-corrected chi connectivity index (χ3v) is 3.03. The molecule has 1 unspecified atom stereocenters. The summed E-state index contributed by atoms with van der Waals surface area (Å²) in [7, 11) is 3.59. The van der Waals surface area contributed by atoms with E-state index in [1.807, 2.05) is 0 Å². The van der Waals surface area contributed by atoms with Crippen molar-refractivity contribution in [3.63, 3.8) is 0 Å². The van der Waals surface area contributed by atoms with Crippen LogP contribution in [-0.2, 0) is 0 Å². The Labute approximate surface area is 113 Å². The molecule has 0 aliphatic rings. The van der Waals surface area contributed by atoms with Gasteiger partial charge in [0.2, 0.25) is 11.2 Å². The summed E-state index contributed by atoms with van der Waals surface area (Å²) in [5.74, 6) is 0.435. The lowest BCUT2D eigenvalue weighted by atomic mass is 10.2. The van der Waals surface area contributed by atoms with Crippen molar-refractivity contribution in [3.05, 3.63) is 5.28 Å². The molecule has 0 radical (unpaired) electrons. The molecule has 0 spiro atoms. The minimum atomic E-state index is 0.125. The van der Waals surface area contributed by atoms with Crippen molar-refractivity contribution < 1.29 is 4.74 Å². The van der Waals surface area contributed by atoms with Crippen LogP contribution in [0.3, 0.4) is 0 Å². The molecule has 1 N–H and O–H groups in total. The highest BCUT2D eigenvalue weighted by atomic mass is 35.5. The van der Waals surface area contributed by atoms with E-state index in [1.165, 1.54) is 7.11 Å². The number of methoxy groups -OCH3 is 1. The predicted octanol–water partition coefficient (Wildman–Crippen LogP) is 1.68. The normalized spacial score (nSPS) is 12.6. The van der Waals surface area contributed by atoms with Gasteiger partial charge in [0, 0.05) is 19.1 Å². The first kappa shape index (κ1) is 14.9. The van der Waals surface area contributed by atoms with E-state index in [0.717, 1.165) is 19.5 Å². The molecule has 0 bridgehead atoms. The topological polar surface area (TPSA) is 63.2 Å². The van der Waals surface area contributed by atoms with Crippen LogP contribution in [0.2, 0.25) is 5.28 Å².